The van der Waals surface area contributed by atoms with E-state index in [1.54, 1.807) is 14.0 Å². The molecule has 1 saturated heterocycles. The molecule has 0 spiro atoms. The minimum atomic E-state index is -1.07. The number of amides is 2. The Kier molecular flexibility index (Phi) is 4.54. The van der Waals surface area contributed by atoms with E-state index in [1.807, 2.05) is 6.07 Å². The Balaban J connectivity index is 2.84. The molecule has 1 unspecified atom stereocenters. The minimum Gasteiger partial charge on any atom is -0.479 e. The molecule has 1 aliphatic rings. The molecule has 1 rings (SSSR count). The van der Waals surface area contributed by atoms with Gasteiger partial charge in [0, 0.05) is 20.1 Å². The number of likely N-dealkylation sites (tertiary alicyclic amines) is 1. The van der Waals surface area contributed by atoms with Crippen LogP contribution in [0.2, 0.25) is 0 Å². The second-order valence-corrected chi connectivity index (χ2v) is 4.56. The third kappa shape index (κ3) is 2.40. The number of carboxylic acids is 1. The van der Waals surface area contributed by atoms with Crippen LogP contribution in [0.5, 0.6) is 0 Å². The first-order chi connectivity index (χ1) is 8.49. The molecule has 0 saturated carbocycles. The lowest BCUT2D eigenvalue weighted by Crippen LogP contribution is -2.56. The lowest BCUT2D eigenvalue weighted by molar-refractivity contribution is -0.148. The van der Waals surface area contributed by atoms with Crippen molar-refractivity contribution >= 4 is 12.0 Å². The molecule has 100 valence electrons. The van der Waals surface area contributed by atoms with Crippen molar-refractivity contribution in [1.82, 2.24) is 9.80 Å². The van der Waals surface area contributed by atoms with Crippen LogP contribution in [-0.4, -0.2) is 52.6 Å². The zero-order valence-corrected chi connectivity index (χ0v) is 10.8. The van der Waals surface area contributed by atoms with Crippen LogP contribution in [-0.2, 0) is 4.79 Å². The topological polar surface area (TPSA) is 84.6 Å². The van der Waals surface area contributed by atoms with Crippen LogP contribution >= 0.6 is 0 Å². The van der Waals surface area contributed by atoms with Crippen molar-refractivity contribution in [3.05, 3.63) is 0 Å². The summed E-state index contributed by atoms with van der Waals surface area (Å²) in [7, 11) is 1.60. The number of rotatable bonds is 4. The fourth-order valence-electron chi connectivity index (χ4n) is 2.42. The predicted octanol–water partition coefficient (Wildman–Crippen LogP) is 1.28. The van der Waals surface area contributed by atoms with Crippen molar-refractivity contribution in [3.63, 3.8) is 0 Å². The highest BCUT2D eigenvalue weighted by Gasteiger charge is 2.49. The van der Waals surface area contributed by atoms with Crippen LogP contribution in [0.15, 0.2) is 0 Å². The molecular weight excluding hydrogens is 234 g/mol. The van der Waals surface area contributed by atoms with Crippen LogP contribution in [0.1, 0.15) is 32.6 Å². The normalized spacial score (nSPS) is 22.6. The van der Waals surface area contributed by atoms with E-state index in [2.05, 4.69) is 0 Å². The van der Waals surface area contributed by atoms with Crippen molar-refractivity contribution in [3.8, 4) is 6.07 Å². The summed E-state index contributed by atoms with van der Waals surface area (Å²) in [5.74, 6) is -0.940. The van der Waals surface area contributed by atoms with Crippen LogP contribution < -0.4 is 0 Å². The maximum absolute atomic E-state index is 12.2. The Morgan fingerprint density at radius 2 is 2.22 bits per heavy atom. The maximum atomic E-state index is 12.2. The molecule has 6 nitrogen and oxygen atoms in total. The monoisotopic (exact) mass is 253 g/mol. The highest BCUT2D eigenvalue weighted by Crippen LogP contribution is 2.33. The summed E-state index contributed by atoms with van der Waals surface area (Å²) in [6, 6.07) is 1.67. The minimum absolute atomic E-state index is 0.252. The summed E-state index contributed by atoms with van der Waals surface area (Å²) >= 11 is 0. The van der Waals surface area contributed by atoms with E-state index in [4.69, 9.17) is 5.26 Å². The highest BCUT2D eigenvalue weighted by atomic mass is 16.4. The lowest BCUT2D eigenvalue weighted by atomic mass is 9.93. The predicted molar refractivity (Wildman–Crippen MR) is 64.9 cm³/mol. The zero-order chi connectivity index (χ0) is 13.8. The Hall–Kier alpha value is -1.77. The van der Waals surface area contributed by atoms with Gasteiger partial charge in [0.05, 0.1) is 12.5 Å². The summed E-state index contributed by atoms with van der Waals surface area (Å²) < 4.78 is 0. The number of carbonyl (C=O) groups excluding carboxylic acids is 1. The largest absolute Gasteiger partial charge is 0.479 e. The Labute approximate surface area is 107 Å². The number of nitriles is 1. The zero-order valence-electron chi connectivity index (χ0n) is 10.8. The molecule has 1 heterocycles. The van der Waals surface area contributed by atoms with Gasteiger partial charge >= 0.3 is 12.0 Å². The number of urea groups is 1. The van der Waals surface area contributed by atoms with Crippen molar-refractivity contribution < 1.29 is 14.7 Å². The van der Waals surface area contributed by atoms with Gasteiger partial charge in [-0.1, -0.05) is 6.92 Å². The van der Waals surface area contributed by atoms with Crippen LogP contribution in [0.25, 0.3) is 0 Å². The molecule has 0 bridgehead atoms. The standard InChI is InChI=1S/C12H19N3O3/c1-3-12(10(16)17)6-4-9-15(12)11(18)14(2)8-5-7-13/h3-6,8-9H2,1-2H3,(H,16,17). The molecule has 18 heavy (non-hydrogen) atoms. The molecule has 1 N–H and O–H groups in total. The van der Waals surface area contributed by atoms with Gasteiger partial charge in [0.15, 0.2) is 0 Å². The van der Waals surface area contributed by atoms with Crippen molar-refractivity contribution in [2.75, 3.05) is 20.1 Å². The Bertz CT molecular complexity index is 377. The van der Waals surface area contributed by atoms with Gasteiger partial charge in [0.2, 0.25) is 0 Å². The molecule has 2 amide bonds. The number of carboxylic acid groups (broad SMARTS) is 1. The SMILES string of the molecule is CCC1(C(=O)O)CCCN1C(=O)N(C)CCC#N. The fourth-order valence-corrected chi connectivity index (χ4v) is 2.42. The van der Waals surface area contributed by atoms with Crippen molar-refractivity contribution in [2.24, 2.45) is 0 Å². The highest BCUT2D eigenvalue weighted by molar-refractivity contribution is 5.87. The van der Waals surface area contributed by atoms with E-state index in [9.17, 15) is 14.7 Å². The molecule has 0 radical (unpaired) electrons. The number of carbonyl (C=O) groups is 2. The molecule has 1 atom stereocenters. The second-order valence-electron chi connectivity index (χ2n) is 4.56. The molecule has 0 aromatic heterocycles. The Morgan fingerprint density at radius 1 is 1.56 bits per heavy atom. The third-order valence-corrected chi connectivity index (χ3v) is 3.59. The van der Waals surface area contributed by atoms with E-state index in [1.165, 1.54) is 9.80 Å². The second kappa shape index (κ2) is 5.71. The van der Waals surface area contributed by atoms with Crippen molar-refractivity contribution in [2.45, 2.75) is 38.1 Å². The van der Waals surface area contributed by atoms with Gasteiger partial charge in [-0.05, 0) is 19.3 Å². The van der Waals surface area contributed by atoms with Gasteiger partial charge in [0.25, 0.3) is 0 Å². The molecule has 0 aromatic carbocycles. The molecule has 1 aliphatic heterocycles. The number of nitrogens with zero attached hydrogens (tertiary/aromatic N) is 3. The summed E-state index contributed by atoms with van der Waals surface area (Å²) in [4.78, 5) is 26.5. The average Bonchev–Trinajstić information content (AvgIpc) is 2.79. The fraction of sp³-hybridized carbons (Fsp3) is 0.750. The molecule has 6 heteroatoms. The molecule has 0 aromatic rings. The van der Waals surface area contributed by atoms with Gasteiger partial charge in [-0.15, -0.1) is 0 Å². The van der Waals surface area contributed by atoms with E-state index in [0.717, 1.165) is 0 Å². The lowest BCUT2D eigenvalue weighted by Gasteiger charge is -2.36. The Morgan fingerprint density at radius 3 is 2.72 bits per heavy atom. The van der Waals surface area contributed by atoms with E-state index < -0.39 is 11.5 Å². The van der Waals surface area contributed by atoms with E-state index in [0.29, 0.717) is 32.4 Å². The van der Waals surface area contributed by atoms with Crippen LogP contribution in [0.3, 0.4) is 0 Å². The summed E-state index contributed by atoms with van der Waals surface area (Å²) in [5.41, 5.74) is -1.07. The van der Waals surface area contributed by atoms with Gasteiger partial charge in [-0.25, -0.2) is 9.59 Å². The molecule has 0 aliphatic carbocycles. The molecule has 1 fully saturated rings. The quantitative estimate of drug-likeness (QED) is 0.817. The van der Waals surface area contributed by atoms with Gasteiger partial charge < -0.3 is 14.9 Å². The average molecular weight is 253 g/mol. The van der Waals surface area contributed by atoms with Gasteiger partial charge in [-0.2, -0.15) is 5.26 Å². The maximum Gasteiger partial charge on any atom is 0.329 e. The number of aliphatic carboxylic acids is 1. The molecular formula is C12H19N3O3. The van der Waals surface area contributed by atoms with Crippen LogP contribution in [0.4, 0.5) is 4.79 Å². The smallest absolute Gasteiger partial charge is 0.329 e. The van der Waals surface area contributed by atoms with Gasteiger partial charge in [0.1, 0.15) is 5.54 Å². The van der Waals surface area contributed by atoms with Crippen LogP contribution in [0, 0.1) is 11.3 Å². The first-order valence-corrected chi connectivity index (χ1v) is 6.12. The third-order valence-electron chi connectivity index (χ3n) is 3.59. The summed E-state index contributed by atoms with van der Waals surface area (Å²) in [6.45, 7) is 2.58. The van der Waals surface area contributed by atoms with E-state index in [-0.39, 0.29) is 12.5 Å². The van der Waals surface area contributed by atoms with E-state index >= 15 is 0 Å². The summed E-state index contributed by atoms with van der Waals surface area (Å²) in [5, 5.41) is 17.9. The first kappa shape index (κ1) is 14.3. The van der Waals surface area contributed by atoms with Gasteiger partial charge in [-0.3, -0.25) is 0 Å². The number of hydrogen-bond donors (Lipinski definition) is 1. The van der Waals surface area contributed by atoms with Crippen molar-refractivity contribution in [1.29, 1.82) is 5.26 Å². The number of hydrogen-bond acceptors (Lipinski definition) is 3. The summed E-state index contributed by atoms with van der Waals surface area (Å²) in [6.07, 6.45) is 1.86. The first-order valence-electron chi connectivity index (χ1n) is 6.12.